The zero-order valence-electron chi connectivity index (χ0n) is 12.7. The molecular weight excluding hydrogens is 260 g/mol. The molecule has 0 radical (unpaired) electrons. The Labute approximate surface area is 126 Å². The highest BCUT2D eigenvalue weighted by Crippen LogP contribution is 2.16. The van der Waals surface area contributed by atoms with E-state index in [4.69, 9.17) is 4.74 Å². The number of carbonyl (C=O) groups excluding carboxylic acids is 1. The van der Waals surface area contributed by atoms with Crippen LogP contribution in [0.2, 0.25) is 0 Å². The van der Waals surface area contributed by atoms with Gasteiger partial charge in [0.25, 0.3) is 0 Å². The molecule has 110 valence electrons. The molecule has 2 heteroatoms. The smallest absolute Gasteiger partial charge is 0.193 e. The molecule has 0 unspecified atom stereocenters. The molecule has 2 nitrogen and oxygen atoms in total. The van der Waals surface area contributed by atoms with Gasteiger partial charge in [0.15, 0.2) is 5.78 Å². The van der Waals surface area contributed by atoms with Crippen LogP contribution in [0.4, 0.5) is 0 Å². The normalized spacial score (nSPS) is 10.6. The summed E-state index contributed by atoms with van der Waals surface area (Å²) in [4.78, 5) is 12.3. The molecule has 0 bridgehead atoms. The molecule has 2 aromatic carbocycles. The first-order valence-corrected chi connectivity index (χ1v) is 7.49. The fourth-order valence-electron chi connectivity index (χ4n) is 2.14. The number of rotatable bonds is 7. The number of carbonyl (C=O) groups is 1. The van der Waals surface area contributed by atoms with E-state index < -0.39 is 0 Å². The largest absolute Gasteiger partial charge is 0.494 e. The Balaban J connectivity index is 1.91. The number of ether oxygens (including phenoxy) is 1. The summed E-state index contributed by atoms with van der Waals surface area (Å²) in [5.74, 6) is 1.57. The van der Waals surface area contributed by atoms with Crippen LogP contribution in [0, 0.1) is 5.92 Å². The summed E-state index contributed by atoms with van der Waals surface area (Å²) in [6.45, 7) is 5.15. The fraction of sp³-hybridized carbons (Fsp3) is 0.316. The molecule has 0 N–H and O–H groups in total. The van der Waals surface area contributed by atoms with Gasteiger partial charge in [-0.15, -0.1) is 0 Å². The lowest BCUT2D eigenvalue weighted by Crippen LogP contribution is -2.02. The van der Waals surface area contributed by atoms with Gasteiger partial charge in [-0.25, -0.2) is 0 Å². The molecular formula is C19H22O2. The van der Waals surface area contributed by atoms with E-state index in [1.54, 1.807) is 0 Å². The van der Waals surface area contributed by atoms with Gasteiger partial charge in [-0.3, -0.25) is 4.79 Å². The van der Waals surface area contributed by atoms with Crippen LogP contribution in [-0.2, 0) is 0 Å². The molecule has 0 saturated carbocycles. The third kappa shape index (κ3) is 4.75. The lowest BCUT2D eigenvalue weighted by Gasteiger charge is -2.08. The van der Waals surface area contributed by atoms with E-state index in [-0.39, 0.29) is 5.78 Å². The van der Waals surface area contributed by atoms with Gasteiger partial charge in [0.1, 0.15) is 5.75 Å². The average molecular weight is 282 g/mol. The van der Waals surface area contributed by atoms with Crippen molar-refractivity contribution >= 4 is 5.78 Å². The van der Waals surface area contributed by atoms with E-state index in [2.05, 4.69) is 13.8 Å². The van der Waals surface area contributed by atoms with Crippen molar-refractivity contribution in [1.29, 1.82) is 0 Å². The van der Waals surface area contributed by atoms with Gasteiger partial charge in [-0.05, 0) is 43.0 Å². The topological polar surface area (TPSA) is 26.3 Å². The van der Waals surface area contributed by atoms with Gasteiger partial charge in [-0.2, -0.15) is 0 Å². The van der Waals surface area contributed by atoms with E-state index >= 15 is 0 Å². The Morgan fingerprint density at radius 3 is 2.19 bits per heavy atom. The zero-order chi connectivity index (χ0) is 15.1. The van der Waals surface area contributed by atoms with Gasteiger partial charge in [-0.1, -0.05) is 44.2 Å². The number of ketones is 1. The molecule has 0 aliphatic heterocycles. The predicted octanol–water partition coefficient (Wildman–Crippen LogP) is 4.73. The van der Waals surface area contributed by atoms with Crippen LogP contribution in [0.3, 0.4) is 0 Å². The SMILES string of the molecule is CC(C)CCCOc1ccc(C(=O)c2ccccc2)cc1. The Morgan fingerprint density at radius 1 is 0.952 bits per heavy atom. The standard InChI is InChI=1S/C19H22O2/c1-15(2)7-6-14-21-18-12-10-17(11-13-18)19(20)16-8-4-3-5-9-16/h3-5,8-13,15H,6-7,14H2,1-2H3. The third-order valence-corrected chi connectivity index (χ3v) is 3.35. The maximum atomic E-state index is 12.3. The molecule has 0 aromatic heterocycles. The monoisotopic (exact) mass is 282 g/mol. The molecule has 0 aliphatic carbocycles. The summed E-state index contributed by atoms with van der Waals surface area (Å²) < 4.78 is 5.69. The Kier molecular flexibility index (Phi) is 5.56. The van der Waals surface area contributed by atoms with E-state index in [1.807, 2.05) is 54.6 Å². The van der Waals surface area contributed by atoms with Crippen molar-refractivity contribution in [3.63, 3.8) is 0 Å². The predicted molar refractivity (Wildman–Crippen MR) is 85.9 cm³/mol. The lowest BCUT2D eigenvalue weighted by atomic mass is 10.0. The average Bonchev–Trinajstić information content (AvgIpc) is 2.52. The second-order valence-electron chi connectivity index (χ2n) is 5.60. The van der Waals surface area contributed by atoms with Crippen LogP contribution in [0.1, 0.15) is 42.6 Å². The fourth-order valence-corrected chi connectivity index (χ4v) is 2.14. The molecule has 0 fully saturated rings. The molecule has 0 heterocycles. The zero-order valence-corrected chi connectivity index (χ0v) is 12.7. The Morgan fingerprint density at radius 2 is 1.57 bits per heavy atom. The van der Waals surface area contributed by atoms with Crippen molar-refractivity contribution in [1.82, 2.24) is 0 Å². The van der Waals surface area contributed by atoms with Crippen LogP contribution in [0.5, 0.6) is 5.75 Å². The maximum absolute atomic E-state index is 12.3. The van der Waals surface area contributed by atoms with Crippen molar-refractivity contribution in [3.8, 4) is 5.75 Å². The lowest BCUT2D eigenvalue weighted by molar-refractivity contribution is 0.103. The first-order chi connectivity index (χ1) is 10.2. The Bertz CT molecular complexity index is 556. The summed E-state index contributed by atoms with van der Waals surface area (Å²) >= 11 is 0. The molecule has 2 aromatic rings. The highest BCUT2D eigenvalue weighted by molar-refractivity contribution is 6.08. The number of hydrogen-bond acceptors (Lipinski definition) is 2. The minimum absolute atomic E-state index is 0.0435. The van der Waals surface area contributed by atoms with Crippen molar-refractivity contribution in [3.05, 3.63) is 65.7 Å². The van der Waals surface area contributed by atoms with Crippen molar-refractivity contribution in [2.75, 3.05) is 6.61 Å². The van der Waals surface area contributed by atoms with E-state index in [1.165, 1.54) is 6.42 Å². The summed E-state index contributed by atoms with van der Waals surface area (Å²) in [6.07, 6.45) is 2.23. The summed E-state index contributed by atoms with van der Waals surface area (Å²) in [7, 11) is 0. The molecule has 0 atom stereocenters. The van der Waals surface area contributed by atoms with Crippen molar-refractivity contribution in [2.45, 2.75) is 26.7 Å². The van der Waals surface area contributed by atoms with Crippen LogP contribution >= 0.6 is 0 Å². The van der Waals surface area contributed by atoms with E-state index in [9.17, 15) is 4.79 Å². The third-order valence-electron chi connectivity index (χ3n) is 3.35. The molecule has 2 rings (SSSR count). The number of hydrogen-bond donors (Lipinski definition) is 0. The van der Waals surface area contributed by atoms with Gasteiger partial charge in [0.2, 0.25) is 0 Å². The highest BCUT2D eigenvalue weighted by Gasteiger charge is 2.08. The molecule has 0 saturated heterocycles. The minimum Gasteiger partial charge on any atom is -0.494 e. The summed E-state index contributed by atoms with van der Waals surface area (Å²) in [5.41, 5.74) is 1.40. The van der Waals surface area contributed by atoms with Crippen LogP contribution < -0.4 is 4.74 Å². The molecule has 0 spiro atoms. The van der Waals surface area contributed by atoms with E-state index in [0.717, 1.165) is 18.8 Å². The summed E-state index contributed by atoms with van der Waals surface area (Å²) in [5, 5.41) is 0. The molecule has 0 aliphatic rings. The number of benzene rings is 2. The van der Waals surface area contributed by atoms with Crippen molar-refractivity contribution < 1.29 is 9.53 Å². The molecule has 0 amide bonds. The van der Waals surface area contributed by atoms with Crippen LogP contribution in [0.15, 0.2) is 54.6 Å². The highest BCUT2D eigenvalue weighted by atomic mass is 16.5. The van der Waals surface area contributed by atoms with Gasteiger partial charge in [0.05, 0.1) is 6.61 Å². The van der Waals surface area contributed by atoms with Gasteiger partial charge in [0, 0.05) is 11.1 Å². The van der Waals surface area contributed by atoms with Gasteiger partial charge < -0.3 is 4.74 Å². The first-order valence-electron chi connectivity index (χ1n) is 7.49. The minimum atomic E-state index is 0.0435. The van der Waals surface area contributed by atoms with Gasteiger partial charge >= 0.3 is 0 Å². The summed E-state index contributed by atoms with van der Waals surface area (Å²) in [6, 6.07) is 16.7. The first kappa shape index (κ1) is 15.3. The second-order valence-corrected chi connectivity index (χ2v) is 5.60. The van der Waals surface area contributed by atoms with Crippen LogP contribution in [0.25, 0.3) is 0 Å². The van der Waals surface area contributed by atoms with Crippen molar-refractivity contribution in [2.24, 2.45) is 5.92 Å². The van der Waals surface area contributed by atoms with Crippen LogP contribution in [-0.4, -0.2) is 12.4 Å². The van der Waals surface area contributed by atoms with E-state index in [0.29, 0.717) is 17.0 Å². The second kappa shape index (κ2) is 7.63. The molecule has 21 heavy (non-hydrogen) atoms. The quantitative estimate of drug-likeness (QED) is 0.542. The maximum Gasteiger partial charge on any atom is 0.193 e. The Hall–Kier alpha value is -2.09.